The Morgan fingerprint density at radius 3 is 2.65 bits per heavy atom. The lowest BCUT2D eigenvalue weighted by Crippen LogP contribution is -2.46. The number of carbonyl (C=O) groups excluding carboxylic acids is 1. The summed E-state index contributed by atoms with van der Waals surface area (Å²) in [5.41, 5.74) is 0.962. The molecule has 0 unspecified atom stereocenters. The second kappa shape index (κ2) is 6.62. The van der Waals surface area contributed by atoms with Crippen LogP contribution in [-0.2, 0) is 17.8 Å². The minimum atomic E-state index is -0.901. The maximum atomic E-state index is 13.5. The second-order valence-electron chi connectivity index (χ2n) is 5.67. The molecule has 0 radical (unpaired) electrons. The maximum absolute atomic E-state index is 13.5. The molecule has 0 saturated carbocycles. The number of carbonyl (C=O) groups is 1. The summed E-state index contributed by atoms with van der Waals surface area (Å²) in [6, 6.07) is 2.27. The lowest BCUT2D eigenvalue weighted by Gasteiger charge is -2.27. The Balaban J connectivity index is 1.81. The molecule has 2 aromatic rings. The highest BCUT2D eigenvalue weighted by Gasteiger charge is 2.18. The summed E-state index contributed by atoms with van der Waals surface area (Å²) in [5, 5.41) is 3.21. The van der Waals surface area contributed by atoms with Gasteiger partial charge in [-0.25, -0.2) is 13.8 Å². The molecule has 1 N–H and O–H groups in total. The van der Waals surface area contributed by atoms with Crippen LogP contribution in [0.3, 0.4) is 0 Å². The first-order valence-corrected chi connectivity index (χ1v) is 7.92. The summed E-state index contributed by atoms with van der Waals surface area (Å²) in [5.74, 6) is -0.979. The molecule has 0 atom stereocenters. The van der Waals surface area contributed by atoms with E-state index in [9.17, 15) is 13.6 Å². The summed E-state index contributed by atoms with van der Waals surface area (Å²) in [4.78, 5) is 18.5. The van der Waals surface area contributed by atoms with Crippen molar-refractivity contribution in [2.24, 2.45) is 0 Å². The van der Waals surface area contributed by atoms with Crippen molar-refractivity contribution in [3.05, 3.63) is 29.6 Å². The van der Waals surface area contributed by atoms with Crippen LogP contribution in [0.2, 0.25) is 0 Å². The third-order valence-electron chi connectivity index (χ3n) is 4.20. The van der Waals surface area contributed by atoms with E-state index >= 15 is 0 Å². The quantitative estimate of drug-likeness (QED) is 0.932. The fraction of sp³-hybridized carbons (Fsp3) is 0.500. The molecule has 0 bridgehead atoms. The Morgan fingerprint density at radius 1 is 1.26 bits per heavy atom. The van der Waals surface area contributed by atoms with E-state index in [0.29, 0.717) is 43.5 Å². The summed E-state index contributed by atoms with van der Waals surface area (Å²) >= 11 is 0. The number of aryl methyl sites for hydroxylation is 2. The number of hydrogen-bond acceptors (Lipinski definition) is 3. The van der Waals surface area contributed by atoms with Crippen molar-refractivity contribution in [3.8, 4) is 0 Å². The van der Waals surface area contributed by atoms with Crippen molar-refractivity contribution in [2.45, 2.75) is 26.3 Å². The Hall–Kier alpha value is -2.02. The van der Waals surface area contributed by atoms with Gasteiger partial charge >= 0.3 is 0 Å². The maximum Gasteiger partial charge on any atom is 0.224 e. The molecule has 1 aromatic heterocycles. The van der Waals surface area contributed by atoms with Crippen LogP contribution in [0.15, 0.2) is 12.1 Å². The van der Waals surface area contributed by atoms with Crippen LogP contribution >= 0.6 is 0 Å². The molecular formula is C16H20F2N4O. The van der Waals surface area contributed by atoms with Gasteiger partial charge in [0.1, 0.15) is 5.82 Å². The fourth-order valence-electron chi connectivity index (χ4n) is 2.97. The van der Waals surface area contributed by atoms with Crippen LogP contribution in [0.1, 0.15) is 19.2 Å². The van der Waals surface area contributed by atoms with Crippen molar-refractivity contribution >= 4 is 16.9 Å². The Bertz CT molecular complexity index is 722. The van der Waals surface area contributed by atoms with Crippen LogP contribution in [0.4, 0.5) is 8.78 Å². The minimum Gasteiger partial charge on any atom is -0.340 e. The molecule has 1 aliphatic heterocycles. The van der Waals surface area contributed by atoms with Crippen molar-refractivity contribution in [3.63, 3.8) is 0 Å². The van der Waals surface area contributed by atoms with Gasteiger partial charge in [0.15, 0.2) is 11.6 Å². The zero-order chi connectivity index (χ0) is 16.4. The van der Waals surface area contributed by atoms with E-state index in [2.05, 4.69) is 10.3 Å². The lowest BCUT2D eigenvalue weighted by atomic mass is 10.2. The van der Waals surface area contributed by atoms with Crippen LogP contribution in [-0.4, -0.2) is 46.5 Å². The number of nitrogens with one attached hydrogen (secondary N) is 1. The number of benzene rings is 1. The number of nitrogens with zero attached hydrogens (tertiary/aromatic N) is 3. The number of piperazine rings is 1. The van der Waals surface area contributed by atoms with Crippen molar-refractivity contribution in [2.75, 3.05) is 26.2 Å². The molecule has 3 rings (SSSR count). The van der Waals surface area contributed by atoms with Gasteiger partial charge in [-0.15, -0.1) is 0 Å². The zero-order valence-electron chi connectivity index (χ0n) is 13.1. The third kappa shape index (κ3) is 3.19. The number of imidazole rings is 1. The minimum absolute atomic E-state index is 0.0815. The first kappa shape index (κ1) is 15.9. The van der Waals surface area contributed by atoms with Gasteiger partial charge in [0, 0.05) is 57.7 Å². The van der Waals surface area contributed by atoms with Gasteiger partial charge in [-0.3, -0.25) is 4.79 Å². The molecule has 2 heterocycles. The molecule has 1 saturated heterocycles. The summed E-state index contributed by atoms with van der Waals surface area (Å²) in [6.45, 7) is 5.40. The van der Waals surface area contributed by atoms with E-state index in [1.165, 1.54) is 0 Å². The summed E-state index contributed by atoms with van der Waals surface area (Å²) in [7, 11) is 0. The van der Waals surface area contributed by atoms with Gasteiger partial charge in [-0.1, -0.05) is 6.92 Å². The molecule has 0 aliphatic carbocycles. The lowest BCUT2D eigenvalue weighted by molar-refractivity contribution is -0.131. The van der Waals surface area contributed by atoms with Gasteiger partial charge in [-0.2, -0.15) is 0 Å². The second-order valence-corrected chi connectivity index (χ2v) is 5.67. The Morgan fingerprint density at radius 2 is 1.96 bits per heavy atom. The average Bonchev–Trinajstić information content (AvgIpc) is 2.90. The van der Waals surface area contributed by atoms with Crippen LogP contribution in [0, 0.1) is 11.6 Å². The largest absolute Gasteiger partial charge is 0.340 e. The number of halogens is 2. The van der Waals surface area contributed by atoms with E-state index in [1.807, 2.05) is 16.4 Å². The van der Waals surface area contributed by atoms with Gasteiger partial charge < -0.3 is 14.8 Å². The van der Waals surface area contributed by atoms with Gasteiger partial charge in [0.2, 0.25) is 5.91 Å². The molecule has 1 aliphatic rings. The predicted molar refractivity (Wildman–Crippen MR) is 83.1 cm³/mol. The number of rotatable bonds is 4. The molecular weight excluding hydrogens is 302 g/mol. The first-order chi connectivity index (χ1) is 11.1. The van der Waals surface area contributed by atoms with E-state index in [4.69, 9.17) is 0 Å². The van der Waals surface area contributed by atoms with E-state index in [-0.39, 0.29) is 5.91 Å². The molecule has 1 amide bonds. The van der Waals surface area contributed by atoms with Gasteiger partial charge in [0.05, 0.1) is 11.0 Å². The summed E-state index contributed by atoms with van der Waals surface area (Å²) in [6.07, 6.45) is 0.969. The van der Waals surface area contributed by atoms with Crippen molar-refractivity contribution in [1.29, 1.82) is 0 Å². The molecule has 0 spiro atoms. The predicted octanol–water partition coefficient (Wildman–Crippen LogP) is 1.70. The monoisotopic (exact) mass is 322 g/mol. The van der Waals surface area contributed by atoms with E-state index < -0.39 is 11.6 Å². The SMILES string of the molecule is CCc1nc2cc(F)c(F)cc2n1CCC(=O)N1CCNCC1. The zero-order valence-corrected chi connectivity index (χ0v) is 13.1. The van der Waals surface area contributed by atoms with Gasteiger partial charge in [-0.05, 0) is 0 Å². The fourth-order valence-corrected chi connectivity index (χ4v) is 2.97. The average molecular weight is 322 g/mol. The molecule has 1 aromatic carbocycles. The number of fused-ring (bicyclic) bond motifs is 1. The third-order valence-corrected chi connectivity index (χ3v) is 4.20. The highest BCUT2D eigenvalue weighted by atomic mass is 19.2. The van der Waals surface area contributed by atoms with Crippen molar-refractivity contribution < 1.29 is 13.6 Å². The molecule has 1 fully saturated rings. The Kier molecular flexibility index (Phi) is 4.56. The first-order valence-electron chi connectivity index (χ1n) is 7.92. The van der Waals surface area contributed by atoms with Crippen molar-refractivity contribution in [1.82, 2.24) is 19.8 Å². The highest BCUT2D eigenvalue weighted by Crippen LogP contribution is 2.21. The van der Waals surface area contributed by atoms with Crippen LogP contribution < -0.4 is 5.32 Å². The van der Waals surface area contributed by atoms with Crippen LogP contribution in [0.25, 0.3) is 11.0 Å². The molecule has 23 heavy (non-hydrogen) atoms. The van der Waals surface area contributed by atoms with Crippen LogP contribution in [0.5, 0.6) is 0 Å². The van der Waals surface area contributed by atoms with E-state index in [0.717, 1.165) is 31.0 Å². The number of hydrogen-bond donors (Lipinski definition) is 1. The smallest absolute Gasteiger partial charge is 0.224 e. The van der Waals surface area contributed by atoms with E-state index in [1.54, 1.807) is 0 Å². The Labute approximate surface area is 133 Å². The number of aromatic nitrogens is 2. The molecule has 5 nitrogen and oxygen atoms in total. The molecule has 124 valence electrons. The van der Waals surface area contributed by atoms with Gasteiger partial charge in [0.25, 0.3) is 0 Å². The summed E-state index contributed by atoms with van der Waals surface area (Å²) < 4.78 is 28.7. The highest BCUT2D eigenvalue weighted by molar-refractivity contribution is 5.78. The standard InChI is InChI=1S/C16H20F2N4O/c1-2-15-20-13-9-11(17)12(18)10-14(13)22(15)6-3-16(23)21-7-4-19-5-8-21/h9-10,19H,2-8H2,1H3. The normalized spacial score (nSPS) is 15.3. The topological polar surface area (TPSA) is 50.2 Å². The molecule has 7 heteroatoms. The number of amides is 1.